The summed E-state index contributed by atoms with van der Waals surface area (Å²) in [6.07, 6.45) is 4.95. The van der Waals surface area contributed by atoms with Gasteiger partial charge in [-0.05, 0) is 68.2 Å². The first-order valence-electron chi connectivity index (χ1n) is 9.38. The number of hydrogen-bond donors (Lipinski definition) is 1. The van der Waals surface area contributed by atoms with E-state index in [-0.39, 0.29) is 42.0 Å². The summed E-state index contributed by atoms with van der Waals surface area (Å²) in [6, 6.07) is 7.13. The smallest absolute Gasteiger partial charge is 0.227 e. The lowest BCUT2D eigenvalue weighted by Gasteiger charge is -2.36. The Kier molecular flexibility index (Phi) is 5.95. The number of amides is 1. The van der Waals surface area contributed by atoms with Crippen LogP contribution < -0.4 is 5.73 Å². The second-order valence-electron chi connectivity index (χ2n) is 7.91. The minimum absolute atomic E-state index is 0. The highest BCUT2D eigenvalue weighted by atomic mass is 35.5. The number of fused-ring (bicyclic) bond motifs is 2. The zero-order chi connectivity index (χ0) is 17.6. The van der Waals surface area contributed by atoms with Gasteiger partial charge in [-0.25, -0.2) is 0 Å². The Balaban J connectivity index is 0.00000196. The molecule has 4 atom stereocenters. The number of ketones is 1. The first-order valence-corrected chi connectivity index (χ1v) is 9.76. The fourth-order valence-electron chi connectivity index (χ4n) is 5.12. The third kappa shape index (κ3) is 3.51. The highest BCUT2D eigenvalue weighted by Crippen LogP contribution is 2.48. The normalized spacial score (nSPS) is 30.9. The molecule has 4 unspecified atom stereocenters. The monoisotopic (exact) mass is 396 g/mol. The molecule has 1 aliphatic heterocycles. The van der Waals surface area contributed by atoms with Crippen molar-refractivity contribution < 1.29 is 9.59 Å². The van der Waals surface area contributed by atoms with Gasteiger partial charge >= 0.3 is 0 Å². The van der Waals surface area contributed by atoms with Gasteiger partial charge < -0.3 is 10.6 Å². The summed E-state index contributed by atoms with van der Waals surface area (Å²) in [5, 5.41) is 0.638. The van der Waals surface area contributed by atoms with Crippen LogP contribution in [0.3, 0.4) is 0 Å². The van der Waals surface area contributed by atoms with Crippen molar-refractivity contribution in [2.75, 3.05) is 13.1 Å². The molecule has 0 radical (unpaired) electrons. The molecule has 1 saturated heterocycles. The molecule has 4 rings (SSSR count). The maximum absolute atomic E-state index is 12.9. The molecule has 1 aromatic rings. The lowest BCUT2D eigenvalue weighted by atomic mass is 9.82. The van der Waals surface area contributed by atoms with E-state index in [1.165, 1.54) is 6.42 Å². The number of nitrogens with zero attached hydrogens (tertiary/aromatic N) is 1. The summed E-state index contributed by atoms with van der Waals surface area (Å²) in [7, 11) is 0. The van der Waals surface area contributed by atoms with Crippen LogP contribution in [0.2, 0.25) is 5.02 Å². The minimum Gasteiger partial charge on any atom is -0.342 e. The predicted molar refractivity (Wildman–Crippen MR) is 105 cm³/mol. The zero-order valence-electron chi connectivity index (χ0n) is 14.8. The number of nitrogens with two attached hydrogens (primary N) is 1. The average molecular weight is 397 g/mol. The number of benzene rings is 1. The Morgan fingerprint density at radius 3 is 2.19 bits per heavy atom. The minimum atomic E-state index is -0.000992. The second kappa shape index (κ2) is 7.87. The van der Waals surface area contributed by atoms with Crippen LogP contribution in [0.1, 0.15) is 42.5 Å². The Hall–Kier alpha value is -1.10. The molecule has 3 fully saturated rings. The van der Waals surface area contributed by atoms with Crippen LogP contribution in [0.25, 0.3) is 0 Å². The van der Waals surface area contributed by atoms with Crippen molar-refractivity contribution in [1.29, 1.82) is 0 Å². The van der Waals surface area contributed by atoms with E-state index in [2.05, 4.69) is 0 Å². The number of hydrogen-bond acceptors (Lipinski definition) is 3. The van der Waals surface area contributed by atoms with E-state index in [0.29, 0.717) is 35.5 Å². The maximum Gasteiger partial charge on any atom is 0.227 e. The van der Waals surface area contributed by atoms with Crippen LogP contribution in [-0.4, -0.2) is 35.7 Å². The molecular formula is C20H26Cl2N2O2. The van der Waals surface area contributed by atoms with E-state index in [1.54, 1.807) is 24.3 Å². The molecule has 1 amide bonds. The molecule has 1 aromatic carbocycles. The van der Waals surface area contributed by atoms with Crippen molar-refractivity contribution >= 4 is 35.7 Å². The molecule has 3 aliphatic rings. The van der Waals surface area contributed by atoms with Gasteiger partial charge in [0.2, 0.25) is 5.91 Å². The first-order chi connectivity index (χ1) is 12.0. The molecule has 26 heavy (non-hydrogen) atoms. The average Bonchev–Trinajstić information content (AvgIpc) is 3.22. The van der Waals surface area contributed by atoms with E-state index in [1.807, 2.05) is 4.90 Å². The van der Waals surface area contributed by atoms with Gasteiger partial charge in [0, 0.05) is 35.6 Å². The van der Waals surface area contributed by atoms with Crippen molar-refractivity contribution in [2.45, 2.75) is 38.1 Å². The molecule has 2 saturated carbocycles. The van der Waals surface area contributed by atoms with Crippen molar-refractivity contribution in [3.63, 3.8) is 0 Å². The Labute approximate surface area is 165 Å². The van der Waals surface area contributed by atoms with E-state index in [4.69, 9.17) is 17.3 Å². The number of halogens is 2. The maximum atomic E-state index is 12.9. The number of rotatable bonds is 3. The summed E-state index contributed by atoms with van der Waals surface area (Å²) in [6.45, 7) is 1.34. The second-order valence-corrected chi connectivity index (χ2v) is 8.34. The lowest BCUT2D eigenvalue weighted by molar-refractivity contribution is -0.139. The predicted octanol–water partition coefficient (Wildman–Crippen LogP) is 3.56. The molecule has 6 heteroatoms. The van der Waals surface area contributed by atoms with Crippen LogP contribution in [0.15, 0.2) is 24.3 Å². The molecule has 2 bridgehead atoms. The molecule has 2 N–H and O–H groups in total. The molecule has 1 heterocycles. The van der Waals surface area contributed by atoms with Gasteiger partial charge in [0.05, 0.1) is 5.92 Å². The van der Waals surface area contributed by atoms with Crippen LogP contribution in [0.5, 0.6) is 0 Å². The van der Waals surface area contributed by atoms with Crippen molar-refractivity contribution in [1.82, 2.24) is 4.90 Å². The summed E-state index contributed by atoms with van der Waals surface area (Å²) in [5.41, 5.74) is 7.04. The Bertz CT molecular complexity index is 669. The number of likely N-dealkylation sites (tertiary alicyclic amines) is 1. The van der Waals surface area contributed by atoms with Gasteiger partial charge in [0.1, 0.15) is 0 Å². The van der Waals surface area contributed by atoms with Crippen LogP contribution in [0, 0.1) is 23.7 Å². The van der Waals surface area contributed by atoms with Gasteiger partial charge in [-0.15, -0.1) is 12.4 Å². The fraction of sp³-hybridized carbons (Fsp3) is 0.600. The third-order valence-corrected chi connectivity index (χ3v) is 6.82. The Morgan fingerprint density at radius 1 is 1.00 bits per heavy atom. The SMILES string of the molecule is Cl.NC1C2CCC(C2)C1C(=O)N1CCC(C(=O)c2ccc(Cl)cc2)CC1. The van der Waals surface area contributed by atoms with Crippen LogP contribution in [0.4, 0.5) is 0 Å². The summed E-state index contributed by atoms with van der Waals surface area (Å²) < 4.78 is 0. The Morgan fingerprint density at radius 2 is 1.62 bits per heavy atom. The fourth-order valence-corrected chi connectivity index (χ4v) is 5.25. The molecule has 0 spiro atoms. The number of Topliss-reactive ketones (excluding diaryl/α,β-unsaturated/α-hetero) is 1. The first kappa shape index (κ1) is 19.7. The van der Waals surface area contributed by atoms with E-state index >= 15 is 0 Å². The zero-order valence-corrected chi connectivity index (χ0v) is 16.3. The summed E-state index contributed by atoms with van der Waals surface area (Å²) in [4.78, 5) is 27.5. The molecule has 0 aromatic heterocycles. The highest BCUT2D eigenvalue weighted by molar-refractivity contribution is 6.30. The van der Waals surface area contributed by atoms with Gasteiger partial charge in [-0.1, -0.05) is 11.6 Å². The number of carbonyl (C=O) groups excluding carboxylic acids is 2. The van der Waals surface area contributed by atoms with Gasteiger partial charge in [0.25, 0.3) is 0 Å². The standard InChI is InChI=1S/C20H25ClN2O2.ClH/c21-16-5-3-12(4-6-16)19(24)13-7-9-23(10-8-13)20(25)17-14-1-2-15(11-14)18(17)22;/h3-6,13-15,17-18H,1-2,7-11,22H2;1H. The molecule has 4 nitrogen and oxygen atoms in total. The molecule has 142 valence electrons. The highest BCUT2D eigenvalue weighted by Gasteiger charge is 2.50. The number of carbonyl (C=O) groups is 2. The molecular weight excluding hydrogens is 371 g/mol. The third-order valence-electron chi connectivity index (χ3n) is 6.57. The quantitative estimate of drug-likeness (QED) is 0.794. The topological polar surface area (TPSA) is 63.4 Å². The van der Waals surface area contributed by atoms with Crippen LogP contribution >= 0.6 is 24.0 Å². The lowest BCUT2D eigenvalue weighted by Crippen LogP contribution is -2.49. The number of piperidine rings is 1. The van der Waals surface area contributed by atoms with Crippen molar-refractivity contribution in [3.05, 3.63) is 34.9 Å². The van der Waals surface area contributed by atoms with Crippen LogP contribution in [-0.2, 0) is 4.79 Å². The summed E-state index contributed by atoms with van der Waals surface area (Å²) >= 11 is 5.89. The van der Waals surface area contributed by atoms with E-state index in [9.17, 15) is 9.59 Å². The van der Waals surface area contributed by atoms with E-state index in [0.717, 1.165) is 25.7 Å². The molecule has 2 aliphatic carbocycles. The van der Waals surface area contributed by atoms with Gasteiger partial charge in [-0.2, -0.15) is 0 Å². The van der Waals surface area contributed by atoms with Gasteiger partial charge in [0.15, 0.2) is 5.78 Å². The van der Waals surface area contributed by atoms with E-state index < -0.39 is 0 Å². The van der Waals surface area contributed by atoms with Crippen molar-refractivity contribution in [2.24, 2.45) is 29.4 Å². The van der Waals surface area contributed by atoms with Gasteiger partial charge in [-0.3, -0.25) is 9.59 Å². The van der Waals surface area contributed by atoms with Crippen molar-refractivity contribution in [3.8, 4) is 0 Å². The largest absolute Gasteiger partial charge is 0.342 e. The summed E-state index contributed by atoms with van der Waals surface area (Å²) in [5.74, 6) is 1.45.